The minimum Gasteiger partial charge on any atom is -0.494 e. The van der Waals surface area contributed by atoms with Gasteiger partial charge in [0.15, 0.2) is 0 Å². The van der Waals surface area contributed by atoms with Gasteiger partial charge in [-0.2, -0.15) is 5.10 Å². The highest BCUT2D eigenvalue weighted by molar-refractivity contribution is 6.04. The van der Waals surface area contributed by atoms with Crippen molar-refractivity contribution in [1.82, 2.24) is 9.78 Å². The Morgan fingerprint density at radius 3 is 2.69 bits per heavy atom. The van der Waals surface area contributed by atoms with Crippen molar-refractivity contribution in [3.05, 3.63) is 42.2 Å². The monoisotopic (exact) mass is 440 g/mol. The van der Waals surface area contributed by atoms with Crippen LogP contribution in [-0.4, -0.2) is 52.8 Å². The molecule has 170 valence electrons. The summed E-state index contributed by atoms with van der Waals surface area (Å²) in [5.74, 6) is 0.500. The summed E-state index contributed by atoms with van der Waals surface area (Å²) in [6.07, 6.45) is 5.17. The van der Waals surface area contributed by atoms with Crippen molar-refractivity contribution in [1.29, 1.82) is 0 Å². The third-order valence-corrected chi connectivity index (χ3v) is 6.13. The zero-order valence-corrected chi connectivity index (χ0v) is 18.9. The molecule has 1 aliphatic carbocycles. The van der Waals surface area contributed by atoms with Crippen molar-refractivity contribution in [3.8, 4) is 5.75 Å². The number of nitrogens with one attached hydrogen (secondary N) is 1. The quantitative estimate of drug-likeness (QED) is 0.416. The van der Waals surface area contributed by atoms with E-state index in [1.54, 1.807) is 43.3 Å². The summed E-state index contributed by atoms with van der Waals surface area (Å²) >= 11 is 0. The number of nitrogens with zero attached hydrogens (tertiary/aromatic N) is 4. The molecular weight excluding hydrogens is 410 g/mol. The number of benzene rings is 1. The molecule has 0 spiro atoms. The number of methoxy groups -OCH3 is 1. The van der Waals surface area contributed by atoms with Gasteiger partial charge in [-0.25, -0.2) is 0 Å². The number of aromatic nitrogens is 3. The number of carbonyl (C=O) groups is 1. The number of amides is 1. The molecule has 9 heteroatoms. The smallest absolute Gasteiger partial charge is 0.316 e. The Kier molecular flexibility index (Phi) is 5.68. The lowest BCUT2D eigenvalue weighted by atomic mass is 9.84. The van der Waals surface area contributed by atoms with Gasteiger partial charge in [0.2, 0.25) is 5.69 Å². The maximum atomic E-state index is 12.9. The molecule has 1 amide bonds. The average Bonchev–Trinajstić information content (AvgIpc) is 3.15. The minimum atomic E-state index is -0.600. The van der Waals surface area contributed by atoms with Gasteiger partial charge in [0, 0.05) is 23.7 Å². The summed E-state index contributed by atoms with van der Waals surface area (Å²) in [4.78, 5) is 14.6. The zero-order valence-electron chi connectivity index (χ0n) is 18.9. The molecule has 2 heterocycles. The van der Waals surface area contributed by atoms with E-state index in [9.17, 15) is 15.1 Å². The van der Waals surface area contributed by atoms with E-state index >= 15 is 0 Å². The van der Waals surface area contributed by atoms with Gasteiger partial charge >= 0.3 is 5.82 Å². The number of rotatable bonds is 5. The van der Waals surface area contributed by atoms with E-state index in [4.69, 9.17) is 9.84 Å². The van der Waals surface area contributed by atoms with Crippen LogP contribution in [0.25, 0.3) is 10.9 Å². The first-order chi connectivity index (χ1) is 15.2. The number of hydrogen-bond donors (Lipinski definition) is 3. The first-order valence-electron chi connectivity index (χ1n) is 10.7. The number of fused-ring (bicyclic) bond motifs is 1. The summed E-state index contributed by atoms with van der Waals surface area (Å²) in [6.45, 7) is 1.88. The molecule has 1 aliphatic rings. The van der Waals surface area contributed by atoms with Crippen LogP contribution in [0.15, 0.2) is 36.5 Å². The molecule has 3 aromatic rings. The lowest BCUT2D eigenvalue weighted by Crippen LogP contribution is -2.44. The molecule has 1 saturated carbocycles. The lowest BCUT2D eigenvalue weighted by molar-refractivity contribution is -0.895. The molecule has 3 N–H and O–H groups in total. The molecule has 0 unspecified atom stereocenters. The molecule has 0 bridgehead atoms. The van der Waals surface area contributed by atoms with Crippen LogP contribution in [0.3, 0.4) is 0 Å². The number of anilines is 2. The maximum Gasteiger partial charge on any atom is 0.316 e. The summed E-state index contributed by atoms with van der Waals surface area (Å²) in [5.41, 5.74) is 0.760. The van der Waals surface area contributed by atoms with E-state index < -0.39 is 11.5 Å². The van der Waals surface area contributed by atoms with E-state index in [-0.39, 0.29) is 11.7 Å². The van der Waals surface area contributed by atoms with Gasteiger partial charge < -0.3 is 20.4 Å². The first-order valence-corrected chi connectivity index (χ1v) is 10.7. The van der Waals surface area contributed by atoms with Crippen LogP contribution in [0.1, 0.15) is 49.1 Å². The highest BCUT2D eigenvalue weighted by Crippen LogP contribution is 2.36. The van der Waals surface area contributed by atoms with E-state index in [2.05, 4.69) is 5.32 Å². The maximum absolute atomic E-state index is 12.9. The molecule has 0 atom stereocenters. The fourth-order valence-corrected chi connectivity index (χ4v) is 4.20. The van der Waals surface area contributed by atoms with Crippen molar-refractivity contribution in [2.45, 2.75) is 44.2 Å². The van der Waals surface area contributed by atoms with Crippen LogP contribution in [0.4, 0.5) is 11.5 Å². The Bertz CT molecular complexity index is 1140. The average molecular weight is 441 g/mol. The number of hydrogen-bond acceptors (Lipinski definition) is 6. The normalized spacial score (nSPS) is 20.8. The zero-order chi connectivity index (χ0) is 23.0. The predicted octanol–water partition coefficient (Wildman–Crippen LogP) is 2.75. The fraction of sp³-hybridized carbons (Fsp3) is 0.435. The highest BCUT2D eigenvalue weighted by atomic mass is 16.5. The molecule has 0 radical (unpaired) electrons. The van der Waals surface area contributed by atoms with Crippen LogP contribution in [0.5, 0.6) is 5.75 Å². The molecule has 32 heavy (non-hydrogen) atoms. The van der Waals surface area contributed by atoms with Crippen LogP contribution >= 0.6 is 0 Å². The third kappa shape index (κ3) is 4.20. The molecule has 4 rings (SSSR count). The first kappa shape index (κ1) is 21.9. The van der Waals surface area contributed by atoms with Gasteiger partial charge in [-0.3, -0.25) is 14.4 Å². The second-order valence-electron chi connectivity index (χ2n) is 8.88. The third-order valence-electron chi connectivity index (χ3n) is 6.13. The Morgan fingerprint density at radius 1 is 1.31 bits per heavy atom. The van der Waals surface area contributed by atoms with Crippen LogP contribution < -0.4 is 19.7 Å². The van der Waals surface area contributed by atoms with Gasteiger partial charge in [-0.1, -0.05) is 0 Å². The van der Waals surface area contributed by atoms with E-state index in [1.807, 2.05) is 23.9 Å². The number of carbonyl (C=O) groups excluding carboxylic acids is 1. The molecule has 2 aromatic heterocycles. The van der Waals surface area contributed by atoms with E-state index in [0.29, 0.717) is 17.3 Å². The molecule has 9 nitrogen and oxygen atoms in total. The van der Waals surface area contributed by atoms with E-state index in [0.717, 1.165) is 41.3 Å². The minimum absolute atomic E-state index is 0.100. The molecule has 1 aromatic carbocycles. The molecular formula is C23H30N5O4+. The SMILES string of the molecule is COc1cc2nn(C3CCC(C)(O)CC3)cc2cc1NC(=O)c1cccc(N(C)C)[n+]1O. The van der Waals surface area contributed by atoms with Crippen molar-refractivity contribution in [2.75, 3.05) is 31.4 Å². The Morgan fingerprint density at radius 2 is 2.03 bits per heavy atom. The summed E-state index contributed by atoms with van der Waals surface area (Å²) < 4.78 is 8.30. The van der Waals surface area contributed by atoms with Crippen molar-refractivity contribution < 1.29 is 24.6 Å². The molecule has 0 aliphatic heterocycles. The summed E-state index contributed by atoms with van der Waals surface area (Å²) in [7, 11) is 5.10. The summed E-state index contributed by atoms with van der Waals surface area (Å²) in [5, 5.41) is 29.1. The number of aliphatic hydroxyl groups is 1. The van der Waals surface area contributed by atoms with Crippen molar-refractivity contribution in [3.63, 3.8) is 0 Å². The Labute approximate surface area is 186 Å². The van der Waals surface area contributed by atoms with Crippen molar-refractivity contribution >= 4 is 28.3 Å². The van der Waals surface area contributed by atoms with Crippen LogP contribution in [0, 0.1) is 0 Å². The second-order valence-corrected chi connectivity index (χ2v) is 8.88. The van der Waals surface area contributed by atoms with Gasteiger partial charge in [-0.05, 0) is 55.5 Å². The Hall–Kier alpha value is -3.33. The van der Waals surface area contributed by atoms with Crippen LogP contribution in [0.2, 0.25) is 0 Å². The van der Waals surface area contributed by atoms with Gasteiger partial charge in [0.25, 0.3) is 5.91 Å². The summed E-state index contributed by atoms with van der Waals surface area (Å²) in [6, 6.07) is 8.82. The molecule has 1 fully saturated rings. The lowest BCUT2D eigenvalue weighted by Gasteiger charge is -2.33. The predicted molar refractivity (Wildman–Crippen MR) is 121 cm³/mol. The van der Waals surface area contributed by atoms with E-state index in [1.165, 1.54) is 7.11 Å². The number of ether oxygens (including phenoxy) is 1. The highest BCUT2D eigenvalue weighted by Gasteiger charge is 2.30. The Balaban J connectivity index is 1.62. The van der Waals surface area contributed by atoms with Gasteiger partial charge in [0.1, 0.15) is 5.75 Å². The largest absolute Gasteiger partial charge is 0.494 e. The molecule has 0 saturated heterocycles. The van der Waals surface area contributed by atoms with Crippen molar-refractivity contribution in [2.24, 2.45) is 0 Å². The standard InChI is InChI=1S/C23H29N5O4/c1-23(30)10-8-16(9-11-23)27-14-15-12-18(20(32-4)13-17(15)25-27)24-22(29)19-6-5-7-21(26(2)3)28(19)31/h5-7,12-14,16,30H,8-11H2,1-4H3,(H-,24,29,31)/p+1. The van der Waals surface area contributed by atoms with Gasteiger partial charge in [0.05, 0.1) is 44.1 Å². The van der Waals surface area contributed by atoms with Gasteiger partial charge in [-0.15, -0.1) is 0 Å². The topological polar surface area (TPSA) is 104 Å². The fourth-order valence-electron chi connectivity index (χ4n) is 4.20. The number of pyridine rings is 1. The second kappa shape index (κ2) is 8.31. The van der Waals surface area contributed by atoms with Crippen LogP contribution in [-0.2, 0) is 0 Å².